The van der Waals surface area contributed by atoms with Gasteiger partial charge in [-0.15, -0.1) is 0 Å². The van der Waals surface area contributed by atoms with Crippen LogP contribution in [0.1, 0.15) is 17.2 Å². The molecule has 0 aliphatic carbocycles. The van der Waals surface area contributed by atoms with Crippen LogP contribution in [0.2, 0.25) is 0 Å². The minimum absolute atomic E-state index is 0.136. The van der Waals surface area contributed by atoms with Crippen LogP contribution in [0, 0.1) is 0 Å². The molecule has 0 aromatic heterocycles. The van der Waals surface area contributed by atoms with Crippen molar-refractivity contribution in [1.29, 1.82) is 0 Å². The Morgan fingerprint density at radius 2 is 1.67 bits per heavy atom. The first-order chi connectivity index (χ1) is 10.2. The van der Waals surface area contributed by atoms with E-state index < -0.39 is 0 Å². The fraction of sp³-hybridized carbons (Fsp3) is 0.188. The first kappa shape index (κ1) is 15.1. The molecule has 5 heteroatoms. The molecule has 0 radical (unpaired) electrons. The van der Waals surface area contributed by atoms with E-state index in [1.807, 2.05) is 48.5 Å². The SMILES string of the molecule is COc1ccc(C(NC(N)=S)c2ccccc2)cc1OC. The van der Waals surface area contributed by atoms with E-state index in [1.165, 1.54) is 0 Å². The fourth-order valence-corrected chi connectivity index (χ4v) is 2.30. The highest BCUT2D eigenvalue weighted by atomic mass is 32.1. The summed E-state index contributed by atoms with van der Waals surface area (Å²) in [6.45, 7) is 0. The van der Waals surface area contributed by atoms with Gasteiger partial charge in [-0.1, -0.05) is 36.4 Å². The lowest BCUT2D eigenvalue weighted by Gasteiger charge is -2.21. The Morgan fingerprint density at radius 1 is 1.00 bits per heavy atom. The van der Waals surface area contributed by atoms with E-state index in [9.17, 15) is 0 Å². The van der Waals surface area contributed by atoms with Crippen molar-refractivity contribution in [1.82, 2.24) is 5.32 Å². The molecule has 0 aliphatic rings. The quantitative estimate of drug-likeness (QED) is 0.832. The zero-order chi connectivity index (χ0) is 15.2. The number of ether oxygens (including phenoxy) is 2. The number of benzene rings is 2. The predicted octanol–water partition coefficient (Wildman–Crippen LogP) is 2.63. The Morgan fingerprint density at radius 3 is 2.24 bits per heavy atom. The minimum Gasteiger partial charge on any atom is -0.493 e. The van der Waals surface area contributed by atoms with Gasteiger partial charge >= 0.3 is 0 Å². The summed E-state index contributed by atoms with van der Waals surface area (Å²) in [6, 6.07) is 15.6. The van der Waals surface area contributed by atoms with E-state index in [-0.39, 0.29) is 11.2 Å². The topological polar surface area (TPSA) is 56.5 Å². The van der Waals surface area contributed by atoms with Crippen LogP contribution in [0.15, 0.2) is 48.5 Å². The highest BCUT2D eigenvalue weighted by Gasteiger charge is 2.16. The van der Waals surface area contributed by atoms with Gasteiger partial charge in [0.05, 0.1) is 20.3 Å². The molecule has 4 nitrogen and oxygen atoms in total. The highest BCUT2D eigenvalue weighted by molar-refractivity contribution is 7.80. The summed E-state index contributed by atoms with van der Waals surface area (Å²) in [4.78, 5) is 0. The number of rotatable bonds is 5. The van der Waals surface area contributed by atoms with Crippen molar-refractivity contribution in [2.75, 3.05) is 14.2 Å². The smallest absolute Gasteiger partial charge is 0.164 e. The third-order valence-corrected chi connectivity index (χ3v) is 3.28. The van der Waals surface area contributed by atoms with Gasteiger partial charge in [0.2, 0.25) is 0 Å². The van der Waals surface area contributed by atoms with Crippen LogP contribution in [0.25, 0.3) is 0 Å². The number of nitrogens with one attached hydrogen (secondary N) is 1. The molecule has 0 saturated heterocycles. The van der Waals surface area contributed by atoms with Crippen LogP contribution in [-0.2, 0) is 0 Å². The van der Waals surface area contributed by atoms with Gasteiger partial charge in [0, 0.05) is 0 Å². The maximum atomic E-state index is 5.66. The van der Waals surface area contributed by atoms with Gasteiger partial charge in [0.15, 0.2) is 16.6 Å². The number of hydrogen-bond donors (Lipinski definition) is 2. The molecule has 0 aliphatic heterocycles. The first-order valence-corrected chi connectivity index (χ1v) is 6.89. The molecule has 0 fully saturated rings. The molecule has 3 N–H and O–H groups in total. The second-order valence-corrected chi connectivity index (χ2v) is 4.91. The first-order valence-electron chi connectivity index (χ1n) is 6.48. The summed E-state index contributed by atoms with van der Waals surface area (Å²) in [5.74, 6) is 1.35. The zero-order valence-corrected chi connectivity index (χ0v) is 12.8. The van der Waals surface area contributed by atoms with Crippen molar-refractivity contribution in [2.24, 2.45) is 5.73 Å². The van der Waals surface area contributed by atoms with Gasteiger partial charge < -0.3 is 20.5 Å². The Bertz CT molecular complexity index is 617. The van der Waals surface area contributed by atoms with Gasteiger partial charge in [-0.2, -0.15) is 0 Å². The molecule has 0 bridgehead atoms. The minimum atomic E-state index is -0.136. The fourth-order valence-electron chi connectivity index (χ4n) is 2.18. The molecule has 0 amide bonds. The summed E-state index contributed by atoms with van der Waals surface area (Å²) in [7, 11) is 3.22. The molecule has 21 heavy (non-hydrogen) atoms. The van der Waals surface area contributed by atoms with Crippen LogP contribution >= 0.6 is 12.2 Å². The maximum Gasteiger partial charge on any atom is 0.164 e. The second-order valence-electron chi connectivity index (χ2n) is 4.47. The van der Waals surface area contributed by atoms with Crippen LogP contribution < -0.4 is 20.5 Å². The van der Waals surface area contributed by atoms with E-state index in [0.29, 0.717) is 11.5 Å². The number of thiocarbonyl (C=S) groups is 1. The van der Waals surface area contributed by atoms with Crippen LogP contribution in [0.5, 0.6) is 11.5 Å². The Labute approximate surface area is 129 Å². The van der Waals surface area contributed by atoms with Crippen molar-refractivity contribution < 1.29 is 9.47 Å². The van der Waals surface area contributed by atoms with Gasteiger partial charge in [-0.05, 0) is 35.5 Å². The van der Waals surface area contributed by atoms with Crippen molar-refractivity contribution in [3.8, 4) is 11.5 Å². The average molecular weight is 302 g/mol. The second kappa shape index (κ2) is 6.95. The summed E-state index contributed by atoms with van der Waals surface area (Å²) in [6.07, 6.45) is 0. The molecule has 1 unspecified atom stereocenters. The van der Waals surface area contributed by atoms with E-state index in [0.717, 1.165) is 11.1 Å². The summed E-state index contributed by atoms with van der Waals surface area (Å²) in [5, 5.41) is 3.36. The molecule has 0 heterocycles. The normalized spacial score (nSPS) is 11.5. The van der Waals surface area contributed by atoms with Crippen molar-refractivity contribution in [3.63, 3.8) is 0 Å². The van der Waals surface area contributed by atoms with E-state index >= 15 is 0 Å². The monoisotopic (exact) mass is 302 g/mol. The van der Waals surface area contributed by atoms with Crippen molar-refractivity contribution in [2.45, 2.75) is 6.04 Å². The van der Waals surface area contributed by atoms with Crippen LogP contribution in [0.3, 0.4) is 0 Å². The standard InChI is InChI=1S/C16H18N2O2S/c1-19-13-9-8-12(10-14(13)20-2)15(18-16(17)21)11-6-4-3-5-7-11/h3-10,15H,1-2H3,(H3,17,18,21). The van der Waals surface area contributed by atoms with E-state index in [2.05, 4.69) is 5.32 Å². The summed E-state index contributed by atoms with van der Waals surface area (Å²) < 4.78 is 10.6. The number of nitrogens with two attached hydrogens (primary N) is 1. The van der Waals surface area contributed by atoms with E-state index in [1.54, 1.807) is 14.2 Å². The van der Waals surface area contributed by atoms with Gasteiger partial charge in [0.1, 0.15) is 0 Å². The lowest BCUT2D eigenvalue weighted by Crippen LogP contribution is -2.33. The third-order valence-electron chi connectivity index (χ3n) is 3.16. The predicted molar refractivity (Wildman–Crippen MR) is 87.8 cm³/mol. The largest absolute Gasteiger partial charge is 0.493 e. The average Bonchev–Trinajstić information content (AvgIpc) is 2.52. The molecule has 1 atom stereocenters. The number of hydrogen-bond acceptors (Lipinski definition) is 3. The molecule has 2 rings (SSSR count). The maximum absolute atomic E-state index is 5.66. The molecule has 0 saturated carbocycles. The van der Waals surface area contributed by atoms with Crippen LogP contribution in [0.4, 0.5) is 0 Å². The van der Waals surface area contributed by atoms with Crippen molar-refractivity contribution >= 4 is 17.3 Å². The molecule has 110 valence electrons. The van der Waals surface area contributed by atoms with Gasteiger partial charge in [-0.3, -0.25) is 0 Å². The van der Waals surface area contributed by atoms with Gasteiger partial charge in [-0.25, -0.2) is 0 Å². The van der Waals surface area contributed by atoms with Crippen LogP contribution in [-0.4, -0.2) is 19.3 Å². The lowest BCUT2D eigenvalue weighted by atomic mass is 9.98. The summed E-state index contributed by atoms with van der Waals surface area (Å²) in [5.41, 5.74) is 7.72. The summed E-state index contributed by atoms with van der Waals surface area (Å²) >= 11 is 4.99. The third kappa shape index (κ3) is 3.64. The Balaban J connectivity index is 2.44. The van der Waals surface area contributed by atoms with Crippen molar-refractivity contribution in [3.05, 3.63) is 59.7 Å². The Hall–Kier alpha value is -2.27. The molecular weight excluding hydrogens is 284 g/mol. The van der Waals surface area contributed by atoms with E-state index in [4.69, 9.17) is 27.4 Å². The number of methoxy groups -OCH3 is 2. The molecule has 2 aromatic carbocycles. The van der Waals surface area contributed by atoms with Gasteiger partial charge in [0.25, 0.3) is 0 Å². The highest BCUT2D eigenvalue weighted by Crippen LogP contribution is 2.32. The molecule has 2 aromatic rings. The lowest BCUT2D eigenvalue weighted by molar-refractivity contribution is 0.354. The Kier molecular flexibility index (Phi) is 5.00. The molecule has 0 spiro atoms. The zero-order valence-electron chi connectivity index (χ0n) is 12.0. The molecular formula is C16H18N2O2S.